The third kappa shape index (κ3) is 1.35. The standard InChI is InChI=1S/C12H21B/c1-3-9-5-2-6-11-12(9)10(4-1)7-8-13-11/h9-13H,1-8H2. The highest BCUT2D eigenvalue weighted by Gasteiger charge is 2.42. The van der Waals surface area contributed by atoms with Crippen molar-refractivity contribution in [2.24, 2.45) is 17.8 Å². The summed E-state index contributed by atoms with van der Waals surface area (Å²) in [6.45, 7) is 0. The molecule has 0 radical (unpaired) electrons. The van der Waals surface area contributed by atoms with Gasteiger partial charge < -0.3 is 0 Å². The summed E-state index contributed by atoms with van der Waals surface area (Å²) >= 11 is 0. The summed E-state index contributed by atoms with van der Waals surface area (Å²) < 4.78 is 0. The zero-order chi connectivity index (χ0) is 8.67. The molecule has 3 fully saturated rings. The summed E-state index contributed by atoms with van der Waals surface area (Å²) in [5.41, 5.74) is 0. The van der Waals surface area contributed by atoms with E-state index in [0.717, 1.165) is 17.7 Å². The van der Waals surface area contributed by atoms with Crippen molar-refractivity contribution in [3.8, 4) is 0 Å². The molecule has 3 rings (SSSR count). The highest BCUT2D eigenvalue weighted by Crippen LogP contribution is 2.53. The number of hydrogen-bond donors (Lipinski definition) is 0. The molecule has 0 aromatic heterocycles. The molecule has 1 heteroatoms. The second-order valence-corrected chi connectivity index (χ2v) is 5.65. The lowest BCUT2D eigenvalue weighted by Crippen LogP contribution is -2.39. The molecule has 0 amide bonds. The molecule has 0 nitrogen and oxygen atoms in total. The van der Waals surface area contributed by atoms with Crippen LogP contribution in [0.25, 0.3) is 0 Å². The van der Waals surface area contributed by atoms with Gasteiger partial charge >= 0.3 is 0 Å². The lowest BCUT2D eigenvalue weighted by molar-refractivity contribution is 0.0930. The lowest BCUT2D eigenvalue weighted by atomic mass is 9.42. The predicted molar refractivity (Wildman–Crippen MR) is 58.5 cm³/mol. The maximum atomic E-state index is 1.58. The van der Waals surface area contributed by atoms with Crippen molar-refractivity contribution in [2.45, 2.75) is 57.1 Å². The van der Waals surface area contributed by atoms with Gasteiger partial charge in [0.25, 0.3) is 0 Å². The minimum atomic E-state index is 1.16. The van der Waals surface area contributed by atoms with E-state index in [4.69, 9.17) is 0 Å². The largest absolute Gasteiger partial charge is 0.124 e. The summed E-state index contributed by atoms with van der Waals surface area (Å²) in [5, 5.41) is 0. The zero-order valence-electron chi connectivity index (χ0n) is 8.67. The Kier molecular flexibility index (Phi) is 2.15. The van der Waals surface area contributed by atoms with Gasteiger partial charge in [-0.2, -0.15) is 0 Å². The Morgan fingerprint density at radius 2 is 1.46 bits per heavy atom. The molecule has 1 heterocycles. The fourth-order valence-corrected chi connectivity index (χ4v) is 4.67. The maximum absolute atomic E-state index is 1.58. The van der Waals surface area contributed by atoms with Gasteiger partial charge in [-0.15, -0.1) is 0 Å². The molecule has 72 valence electrons. The van der Waals surface area contributed by atoms with Gasteiger partial charge in [-0.05, 0) is 17.8 Å². The second kappa shape index (κ2) is 3.33. The SMILES string of the molecule is B1CCC2CCCC3CCCC1C23. The zero-order valence-corrected chi connectivity index (χ0v) is 8.67. The van der Waals surface area contributed by atoms with E-state index in [-0.39, 0.29) is 0 Å². The van der Waals surface area contributed by atoms with Crippen molar-refractivity contribution < 1.29 is 0 Å². The van der Waals surface area contributed by atoms with Gasteiger partial charge in [-0.25, -0.2) is 0 Å². The Bertz CT molecular complexity index is 144. The van der Waals surface area contributed by atoms with Crippen LogP contribution in [-0.4, -0.2) is 7.28 Å². The molecule has 4 atom stereocenters. The molecule has 0 aromatic carbocycles. The van der Waals surface area contributed by atoms with Crippen molar-refractivity contribution in [3.05, 3.63) is 0 Å². The minimum Gasteiger partial charge on any atom is -0.0769 e. The van der Waals surface area contributed by atoms with Gasteiger partial charge in [0.15, 0.2) is 0 Å². The van der Waals surface area contributed by atoms with Crippen LogP contribution < -0.4 is 0 Å². The highest BCUT2D eigenvalue weighted by molar-refractivity contribution is 6.38. The molecular weight excluding hydrogens is 155 g/mol. The van der Waals surface area contributed by atoms with Crippen molar-refractivity contribution >= 4 is 7.28 Å². The molecule has 1 aliphatic heterocycles. The average molecular weight is 176 g/mol. The average Bonchev–Trinajstić information content (AvgIpc) is 2.19. The number of hydrogen-bond acceptors (Lipinski definition) is 0. The molecule has 2 aliphatic carbocycles. The van der Waals surface area contributed by atoms with Crippen LogP contribution in [-0.2, 0) is 0 Å². The Morgan fingerprint density at radius 3 is 2.31 bits per heavy atom. The van der Waals surface area contributed by atoms with E-state index in [1.165, 1.54) is 5.92 Å². The Labute approximate surface area is 82.7 Å². The molecule has 0 N–H and O–H groups in total. The van der Waals surface area contributed by atoms with E-state index in [2.05, 4.69) is 0 Å². The predicted octanol–water partition coefficient (Wildman–Crippen LogP) is 3.25. The molecule has 2 saturated carbocycles. The van der Waals surface area contributed by atoms with Crippen molar-refractivity contribution in [2.75, 3.05) is 0 Å². The van der Waals surface area contributed by atoms with Gasteiger partial charge in [-0.1, -0.05) is 57.1 Å². The normalized spacial score (nSPS) is 49.2. The van der Waals surface area contributed by atoms with Crippen LogP contribution in [0.4, 0.5) is 0 Å². The molecule has 4 unspecified atom stereocenters. The van der Waals surface area contributed by atoms with Crippen LogP contribution in [0, 0.1) is 17.8 Å². The van der Waals surface area contributed by atoms with Crippen molar-refractivity contribution in [1.82, 2.24) is 0 Å². The molecule has 0 aromatic rings. The lowest BCUT2D eigenvalue weighted by Gasteiger charge is -2.49. The van der Waals surface area contributed by atoms with Crippen molar-refractivity contribution in [1.29, 1.82) is 0 Å². The second-order valence-electron chi connectivity index (χ2n) is 5.65. The monoisotopic (exact) mass is 176 g/mol. The van der Waals surface area contributed by atoms with Crippen LogP contribution >= 0.6 is 0 Å². The van der Waals surface area contributed by atoms with Crippen LogP contribution in [0.5, 0.6) is 0 Å². The Balaban J connectivity index is 1.82. The first-order valence-corrected chi connectivity index (χ1v) is 6.45. The van der Waals surface area contributed by atoms with Crippen LogP contribution in [0.3, 0.4) is 0 Å². The van der Waals surface area contributed by atoms with Crippen LogP contribution in [0.15, 0.2) is 0 Å². The van der Waals surface area contributed by atoms with E-state index >= 15 is 0 Å². The minimum absolute atomic E-state index is 1.16. The first-order valence-electron chi connectivity index (χ1n) is 6.45. The summed E-state index contributed by atoms with van der Waals surface area (Å²) in [6.07, 6.45) is 12.6. The van der Waals surface area contributed by atoms with E-state index in [1.807, 2.05) is 0 Å². The van der Waals surface area contributed by atoms with E-state index in [1.54, 1.807) is 58.5 Å². The quantitative estimate of drug-likeness (QED) is 0.497. The van der Waals surface area contributed by atoms with E-state index < -0.39 is 0 Å². The first-order chi connectivity index (χ1) is 6.45. The third-order valence-electron chi connectivity index (χ3n) is 5.08. The molecule has 1 saturated heterocycles. The van der Waals surface area contributed by atoms with Gasteiger partial charge in [-0.3, -0.25) is 0 Å². The molecular formula is C12H21B. The summed E-state index contributed by atoms with van der Waals surface area (Å²) in [6, 6.07) is 0. The van der Waals surface area contributed by atoms with Gasteiger partial charge in [0.05, 0.1) is 0 Å². The summed E-state index contributed by atoms with van der Waals surface area (Å²) in [4.78, 5) is 0. The summed E-state index contributed by atoms with van der Waals surface area (Å²) in [5.74, 6) is 4.68. The van der Waals surface area contributed by atoms with Crippen LogP contribution in [0.1, 0.15) is 44.9 Å². The first kappa shape index (κ1) is 8.38. The molecule has 13 heavy (non-hydrogen) atoms. The maximum Gasteiger partial charge on any atom is 0.124 e. The molecule has 0 spiro atoms. The van der Waals surface area contributed by atoms with Gasteiger partial charge in [0.2, 0.25) is 0 Å². The smallest absolute Gasteiger partial charge is 0.0769 e. The Hall–Kier alpha value is 0.0649. The third-order valence-corrected chi connectivity index (χ3v) is 5.08. The fraction of sp³-hybridized carbons (Fsp3) is 1.00. The van der Waals surface area contributed by atoms with Gasteiger partial charge in [0, 0.05) is 0 Å². The fourth-order valence-electron chi connectivity index (χ4n) is 4.67. The van der Waals surface area contributed by atoms with E-state index in [0.29, 0.717) is 0 Å². The van der Waals surface area contributed by atoms with Crippen molar-refractivity contribution in [3.63, 3.8) is 0 Å². The summed E-state index contributed by atoms with van der Waals surface area (Å²) in [7, 11) is 1.58. The highest BCUT2D eigenvalue weighted by atomic mass is 14.4. The van der Waals surface area contributed by atoms with Crippen LogP contribution in [0.2, 0.25) is 12.1 Å². The van der Waals surface area contributed by atoms with Gasteiger partial charge in [0.1, 0.15) is 7.28 Å². The van der Waals surface area contributed by atoms with E-state index in [9.17, 15) is 0 Å². The Morgan fingerprint density at radius 1 is 0.769 bits per heavy atom. The molecule has 0 bridgehead atoms. The topological polar surface area (TPSA) is 0 Å². The molecule has 3 aliphatic rings. The number of rotatable bonds is 0.